The number of hydrogen-bond acceptors (Lipinski definition) is 5. The molecule has 1 aliphatic rings. The second-order valence-electron chi connectivity index (χ2n) is 8.14. The third kappa shape index (κ3) is 5.32. The summed E-state index contributed by atoms with van der Waals surface area (Å²) in [4.78, 5) is 0. The van der Waals surface area contributed by atoms with Crippen LogP contribution in [0.1, 0.15) is 32.3 Å². The summed E-state index contributed by atoms with van der Waals surface area (Å²) in [6.07, 6.45) is 2.91. The van der Waals surface area contributed by atoms with Crippen LogP contribution in [0, 0.1) is 0 Å². The summed E-state index contributed by atoms with van der Waals surface area (Å²) in [5.74, 6) is 0.564. The maximum atomic E-state index is 11.0. The first-order chi connectivity index (χ1) is 14.6. The largest absolute Gasteiger partial charge is 0.497 e. The van der Waals surface area contributed by atoms with Gasteiger partial charge in [-0.2, -0.15) is 18.1 Å². The highest BCUT2D eigenvalue weighted by atomic mass is 32.2. The standard InChI is InChI=1S/C23H29N3O4S/c1-23(2)20-9-5-6-10-21(20)26(15-7-8-16-31(27,28)29)22(23)17-24-25(3)18-11-13-19(30-4)14-12-18/h5-6,9-14,17H,7-8,15-16H2,1-4H3/p+1. The summed E-state index contributed by atoms with van der Waals surface area (Å²) in [6, 6.07) is 15.9. The lowest BCUT2D eigenvalue weighted by atomic mass is 9.82. The summed E-state index contributed by atoms with van der Waals surface area (Å²) >= 11 is 0. The average Bonchev–Trinajstić information content (AvgIpc) is 2.95. The van der Waals surface area contributed by atoms with Gasteiger partial charge in [0, 0.05) is 25.1 Å². The van der Waals surface area contributed by atoms with Crippen molar-refractivity contribution in [3.63, 3.8) is 0 Å². The molecule has 0 atom stereocenters. The Bertz CT molecular complexity index is 1090. The second kappa shape index (κ2) is 9.20. The van der Waals surface area contributed by atoms with E-state index in [9.17, 15) is 8.42 Å². The normalized spacial score (nSPS) is 15.4. The van der Waals surface area contributed by atoms with Gasteiger partial charge in [-0.25, -0.2) is 0 Å². The SMILES string of the molecule is COc1ccc(N(C)/N=C/C2=[N+](CCCCS(=O)(=O)O)c3ccccc3C2(C)C)cc1. The van der Waals surface area contributed by atoms with Crippen molar-refractivity contribution in [2.45, 2.75) is 32.1 Å². The lowest BCUT2D eigenvalue weighted by Crippen LogP contribution is -2.32. The molecule has 1 aliphatic heterocycles. The molecule has 0 saturated carbocycles. The van der Waals surface area contributed by atoms with E-state index in [1.807, 2.05) is 54.7 Å². The molecule has 1 N–H and O–H groups in total. The summed E-state index contributed by atoms with van der Waals surface area (Å²) < 4.78 is 38.5. The van der Waals surface area contributed by atoms with Gasteiger partial charge in [-0.15, -0.1) is 0 Å². The molecule has 0 unspecified atom stereocenters. The molecule has 0 aliphatic carbocycles. The van der Waals surface area contributed by atoms with E-state index in [4.69, 9.17) is 9.29 Å². The minimum Gasteiger partial charge on any atom is -0.497 e. The van der Waals surface area contributed by atoms with Crippen molar-refractivity contribution in [1.82, 2.24) is 0 Å². The van der Waals surface area contributed by atoms with Gasteiger partial charge in [0.15, 0.2) is 0 Å². The van der Waals surface area contributed by atoms with Gasteiger partial charge in [-0.1, -0.05) is 18.2 Å². The van der Waals surface area contributed by atoms with Crippen LogP contribution < -0.4 is 9.75 Å². The zero-order chi connectivity index (χ0) is 22.6. The van der Waals surface area contributed by atoms with Crippen LogP contribution in [0.2, 0.25) is 0 Å². The summed E-state index contributed by atoms with van der Waals surface area (Å²) in [5.41, 5.74) is 4.04. The molecular formula is C23H30N3O4S+. The molecule has 2 aromatic carbocycles. The fraction of sp³-hybridized carbons (Fsp3) is 0.391. The number of hydrogen-bond donors (Lipinski definition) is 1. The third-order valence-electron chi connectivity index (χ3n) is 5.63. The minimum atomic E-state index is -3.94. The average molecular weight is 445 g/mol. The summed E-state index contributed by atoms with van der Waals surface area (Å²) in [6.45, 7) is 4.97. The molecule has 0 fully saturated rings. The number of unbranched alkanes of at least 4 members (excludes halogenated alkanes) is 1. The van der Waals surface area contributed by atoms with Crippen molar-refractivity contribution in [3.8, 4) is 5.75 Å². The quantitative estimate of drug-likeness (QED) is 0.209. The molecular weight excluding hydrogens is 414 g/mol. The van der Waals surface area contributed by atoms with Gasteiger partial charge in [0.25, 0.3) is 10.1 Å². The Kier molecular flexibility index (Phi) is 6.81. The number of para-hydroxylation sites is 1. The predicted octanol–water partition coefficient (Wildman–Crippen LogP) is 3.86. The monoisotopic (exact) mass is 444 g/mol. The van der Waals surface area contributed by atoms with E-state index in [-0.39, 0.29) is 11.2 Å². The van der Waals surface area contributed by atoms with Crippen molar-refractivity contribution < 1.29 is 22.3 Å². The summed E-state index contributed by atoms with van der Waals surface area (Å²) in [5, 5.41) is 6.49. The highest BCUT2D eigenvalue weighted by molar-refractivity contribution is 7.85. The molecule has 7 nitrogen and oxygen atoms in total. The lowest BCUT2D eigenvalue weighted by molar-refractivity contribution is -0.437. The van der Waals surface area contributed by atoms with Gasteiger partial charge >= 0.3 is 0 Å². The molecule has 0 spiro atoms. The Labute approximate surface area is 184 Å². The van der Waals surface area contributed by atoms with Gasteiger partial charge in [0.1, 0.15) is 18.5 Å². The molecule has 0 aromatic heterocycles. The number of anilines is 1. The second-order valence-corrected chi connectivity index (χ2v) is 9.71. The van der Waals surface area contributed by atoms with E-state index in [2.05, 4.69) is 35.7 Å². The number of rotatable bonds is 9. The van der Waals surface area contributed by atoms with Crippen molar-refractivity contribution in [3.05, 3.63) is 54.1 Å². The van der Waals surface area contributed by atoms with Crippen LogP contribution in [0.25, 0.3) is 0 Å². The Balaban J connectivity index is 1.87. The van der Waals surface area contributed by atoms with Gasteiger partial charge in [0.05, 0.1) is 24.0 Å². The molecule has 0 amide bonds. The molecule has 2 aromatic rings. The minimum absolute atomic E-state index is 0.227. The highest BCUT2D eigenvalue weighted by Crippen LogP contribution is 2.39. The zero-order valence-electron chi connectivity index (χ0n) is 18.4. The number of hydrazone groups is 1. The number of methoxy groups -OCH3 is 1. The Morgan fingerprint density at radius 3 is 2.45 bits per heavy atom. The molecule has 0 radical (unpaired) electrons. The topological polar surface area (TPSA) is 82.2 Å². The van der Waals surface area contributed by atoms with Crippen LogP contribution in [0.4, 0.5) is 11.4 Å². The van der Waals surface area contributed by atoms with Gasteiger partial charge < -0.3 is 4.74 Å². The molecule has 166 valence electrons. The molecule has 8 heteroatoms. The maximum Gasteiger partial charge on any atom is 0.264 e. The third-order valence-corrected chi connectivity index (χ3v) is 6.44. The van der Waals surface area contributed by atoms with E-state index in [0.717, 1.165) is 22.8 Å². The number of fused-ring (bicyclic) bond motifs is 1. The van der Waals surface area contributed by atoms with Crippen LogP contribution in [-0.4, -0.2) is 55.9 Å². The first-order valence-electron chi connectivity index (χ1n) is 10.2. The number of ether oxygens (including phenoxy) is 1. The summed E-state index contributed by atoms with van der Waals surface area (Å²) in [7, 11) is -0.411. The van der Waals surface area contributed by atoms with Crippen molar-refractivity contribution in [1.29, 1.82) is 0 Å². The number of benzene rings is 2. The van der Waals surface area contributed by atoms with E-state index in [0.29, 0.717) is 19.4 Å². The Hall–Kier alpha value is -2.71. The van der Waals surface area contributed by atoms with Crippen LogP contribution >= 0.6 is 0 Å². The van der Waals surface area contributed by atoms with Crippen LogP contribution in [0.15, 0.2) is 53.6 Å². The van der Waals surface area contributed by atoms with Gasteiger partial charge in [-0.3, -0.25) is 9.56 Å². The Morgan fingerprint density at radius 1 is 1.13 bits per heavy atom. The van der Waals surface area contributed by atoms with Crippen LogP contribution in [0.5, 0.6) is 5.75 Å². The fourth-order valence-corrected chi connectivity index (χ4v) is 4.44. The van der Waals surface area contributed by atoms with E-state index in [1.54, 1.807) is 7.11 Å². The van der Waals surface area contributed by atoms with E-state index < -0.39 is 10.1 Å². The van der Waals surface area contributed by atoms with Crippen molar-refractivity contribution in [2.75, 3.05) is 31.5 Å². The van der Waals surface area contributed by atoms with E-state index >= 15 is 0 Å². The molecule has 3 rings (SSSR count). The first-order valence-corrected chi connectivity index (χ1v) is 11.9. The number of nitrogens with zero attached hydrogens (tertiary/aromatic N) is 3. The van der Waals surface area contributed by atoms with Gasteiger partial charge in [0.2, 0.25) is 11.4 Å². The predicted molar refractivity (Wildman–Crippen MR) is 125 cm³/mol. The van der Waals surface area contributed by atoms with Crippen molar-refractivity contribution >= 4 is 33.4 Å². The van der Waals surface area contributed by atoms with Crippen LogP contribution in [-0.2, 0) is 15.5 Å². The van der Waals surface area contributed by atoms with E-state index in [1.165, 1.54) is 5.56 Å². The molecule has 0 bridgehead atoms. The maximum absolute atomic E-state index is 11.0. The lowest BCUT2D eigenvalue weighted by Gasteiger charge is -2.17. The van der Waals surface area contributed by atoms with Gasteiger partial charge in [-0.05, 0) is 44.5 Å². The fourth-order valence-electron chi connectivity index (χ4n) is 3.87. The molecule has 31 heavy (non-hydrogen) atoms. The molecule has 0 saturated heterocycles. The Morgan fingerprint density at radius 2 is 1.81 bits per heavy atom. The first kappa shape index (κ1) is 23.0. The highest BCUT2D eigenvalue weighted by Gasteiger charge is 2.44. The van der Waals surface area contributed by atoms with Crippen LogP contribution in [0.3, 0.4) is 0 Å². The van der Waals surface area contributed by atoms with Crippen molar-refractivity contribution in [2.24, 2.45) is 5.10 Å². The zero-order valence-corrected chi connectivity index (χ0v) is 19.3. The molecule has 1 heterocycles. The smallest absolute Gasteiger partial charge is 0.264 e.